The smallest absolute Gasteiger partial charge is 0.339 e. The highest BCUT2D eigenvalue weighted by atomic mass is 16.5. The monoisotopic (exact) mass is 402 g/mol. The van der Waals surface area contributed by atoms with Crippen LogP contribution in [-0.2, 0) is 16.0 Å². The number of furan rings is 1. The third kappa shape index (κ3) is 3.76. The zero-order valence-electron chi connectivity index (χ0n) is 16.7. The lowest BCUT2D eigenvalue weighted by molar-refractivity contribution is -0.128. The van der Waals surface area contributed by atoms with Gasteiger partial charge < -0.3 is 14.5 Å². The van der Waals surface area contributed by atoms with Gasteiger partial charge in [-0.05, 0) is 55.2 Å². The van der Waals surface area contributed by atoms with Crippen LogP contribution >= 0.6 is 0 Å². The van der Waals surface area contributed by atoms with Crippen LogP contribution in [0.25, 0.3) is 22.6 Å². The minimum atomic E-state index is -0.917. The lowest BCUT2D eigenvalue weighted by Crippen LogP contribution is -2.36. The van der Waals surface area contributed by atoms with Gasteiger partial charge in [-0.1, -0.05) is 24.3 Å². The van der Waals surface area contributed by atoms with Gasteiger partial charge in [-0.25, -0.2) is 9.78 Å². The largest absolute Gasteiger partial charge is 0.465 e. The molecule has 2 aromatic heterocycles. The van der Waals surface area contributed by atoms with Crippen molar-refractivity contribution >= 4 is 34.4 Å². The van der Waals surface area contributed by atoms with Crippen molar-refractivity contribution in [2.45, 2.75) is 25.9 Å². The fourth-order valence-corrected chi connectivity index (χ4v) is 3.65. The summed E-state index contributed by atoms with van der Waals surface area (Å²) >= 11 is 0. The molecule has 3 aromatic rings. The summed E-state index contributed by atoms with van der Waals surface area (Å²) in [6.45, 7) is 5.44. The average Bonchev–Trinajstić information content (AvgIpc) is 3.40. The molecule has 1 aliphatic rings. The van der Waals surface area contributed by atoms with Gasteiger partial charge >= 0.3 is 5.97 Å². The second-order valence-corrected chi connectivity index (χ2v) is 7.10. The number of para-hydroxylation sites is 1. The van der Waals surface area contributed by atoms with Crippen molar-refractivity contribution in [1.29, 1.82) is 0 Å². The topological polar surface area (TPSA) is 81.4 Å². The standard InChI is InChI=1S/C24H22N2O4/c1-3-12-25-23(27)15(2)30-24(28)21-18-8-4-5-9-20(18)26-22-16(10-11-19(21)22)14-17-7-6-13-29-17/h3-9,13-15H,1,10-12H2,2H3,(H,25,27)/b16-14+. The van der Waals surface area contributed by atoms with E-state index in [4.69, 9.17) is 14.1 Å². The van der Waals surface area contributed by atoms with Crippen LogP contribution in [-0.4, -0.2) is 29.5 Å². The van der Waals surface area contributed by atoms with E-state index in [0.29, 0.717) is 24.0 Å². The zero-order valence-corrected chi connectivity index (χ0v) is 16.7. The number of fused-ring (bicyclic) bond motifs is 2. The Kier molecular flexibility index (Phi) is 5.48. The van der Waals surface area contributed by atoms with E-state index in [1.807, 2.05) is 42.5 Å². The van der Waals surface area contributed by atoms with E-state index in [1.165, 1.54) is 0 Å². The number of rotatable bonds is 6. The summed E-state index contributed by atoms with van der Waals surface area (Å²) in [7, 11) is 0. The van der Waals surface area contributed by atoms with Crippen LogP contribution < -0.4 is 5.32 Å². The summed E-state index contributed by atoms with van der Waals surface area (Å²) in [6, 6.07) is 11.2. The first kappa shape index (κ1) is 19.6. The van der Waals surface area contributed by atoms with Crippen LogP contribution in [0.1, 0.15) is 40.7 Å². The molecule has 152 valence electrons. The molecule has 4 rings (SSSR count). The van der Waals surface area contributed by atoms with Gasteiger partial charge in [0.25, 0.3) is 5.91 Å². The molecule has 6 nitrogen and oxygen atoms in total. The Morgan fingerprint density at radius 2 is 2.10 bits per heavy atom. The van der Waals surface area contributed by atoms with Gasteiger partial charge in [0.15, 0.2) is 6.10 Å². The second kappa shape index (κ2) is 8.37. The number of amides is 1. The highest BCUT2D eigenvalue weighted by Crippen LogP contribution is 2.37. The third-order valence-corrected chi connectivity index (χ3v) is 5.08. The molecule has 1 aromatic carbocycles. The zero-order chi connectivity index (χ0) is 21.1. The van der Waals surface area contributed by atoms with Gasteiger partial charge in [-0.2, -0.15) is 0 Å². The average molecular weight is 402 g/mol. The molecule has 0 saturated heterocycles. The molecular weight excluding hydrogens is 380 g/mol. The molecule has 0 bridgehead atoms. The first-order valence-electron chi connectivity index (χ1n) is 9.84. The summed E-state index contributed by atoms with van der Waals surface area (Å²) in [5.74, 6) is -0.147. The van der Waals surface area contributed by atoms with Crippen molar-refractivity contribution in [2.75, 3.05) is 6.54 Å². The minimum Gasteiger partial charge on any atom is -0.465 e. The van der Waals surface area contributed by atoms with Gasteiger partial charge in [0.1, 0.15) is 5.76 Å². The Hall–Kier alpha value is -3.67. The molecule has 1 aliphatic carbocycles. The van der Waals surface area contributed by atoms with E-state index < -0.39 is 12.1 Å². The van der Waals surface area contributed by atoms with Crippen molar-refractivity contribution < 1.29 is 18.7 Å². The summed E-state index contributed by atoms with van der Waals surface area (Å²) in [5, 5.41) is 3.37. The van der Waals surface area contributed by atoms with Crippen LogP contribution in [0.2, 0.25) is 0 Å². The van der Waals surface area contributed by atoms with Crippen molar-refractivity contribution in [3.05, 3.63) is 77.9 Å². The first-order valence-corrected chi connectivity index (χ1v) is 9.84. The Morgan fingerprint density at radius 3 is 2.87 bits per heavy atom. The van der Waals surface area contributed by atoms with Gasteiger partial charge in [0.2, 0.25) is 0 Å². The minimum absolute atomic E-state index is 0.315. The number of hydrogen-bond donors (Lipinski definition) is 1. The number of benzene rings is 1. The fourth-order valence-electron chi connectivity index (χ4n) is 3.65. The van der Waals surface area contributed by atoms with Crippen LogP contribution in [0.5, 0.6) is 0 Å². The molecule has 0 radical (unpaired) electrons. The van der Waals surface area contributed by atoms with E-state index in [-0.39, 0.29) is 5.91 Å². The van der Waals surface area contributed by atoms with Gasteiger partial charge in [0.05, 0.1) is 23.0 Å². The third-order valence-electron chi connectivity index (χ3n) is 5.08. The second-order valence-electron chi connectivity index (χ2n) is 7.10. The molecule has 0 saturated carbocycles. The quantitative estimate of drug-likeness (QED) is 0.495. The predicted octanol–water partition coefficient (Wildman–Crippen LogP) is 4.16. The Balaban J connectivity index is 1.74. The van der Waals surface area contributed by atoms with E-state index in [9.17, 15) is 9.59 Å². The number of allylic oxidation sites excluding steroid dienone is 1. The molecule has 0 aliphatic heterocycles. The number of carbonyl (C=O) groups excluding carboxylic acids is 2. The van der Waals surface area contributed by atoms with E-state index >= 15 is 0 Å². The highest BCUT2D eigenvalue weighted by Gasteiger charge is 2.29. The molecule has 2 heterocycles. The fraction of sp³-hybridized carbons (Fsp3) is 0.208. The van der Waals surface area contributed by atoms with E-state index in [2.05, 4.69) is 11.9 Å². The van der Waals surface area contributed by atoms with Gasteiger partial charge in [-0.15, -0.1) is 6.58 Å². The molecule has 0 fully saturated rings. The molecule has 30 heavy (non-hydrogen) atoms. The number of nitrogens with zero attached hydrogens (tertiary/aromatic N) is 1. The number of carbonyl (C=O) groups is 2. The summed E-state index contributed by atoms with van der Waals surface area (Å²) in [6.07, 6.45) is 5.64. The maximum atomic E-state index is 13.1. The lowest BCUT2D eigenvalue weighted by atomic mass is 10.0. The Morgan fingerprint density at radius 1 is 1.27 bits per heavy atom. The number of aromatic nitrogens is 1. The Bertz CT molecular complexity index is 1150. The van der Waals surface area contributed by atoms with Gasteiger partial charge in [-0.3, -0.25) is 4.79 Å². The van der Waals surface area contributed by atoms with Gasteiger partial charge in [0, 0.05) is 11.9 Å². The molecule has 1 N–H and O–H groups in total. The van der Waals surface area contributed by atoms with E-state index in [0.717, 1.165) is 34.4 Å². The molecule has 1 amide bonds. The summed E-state index contributed by atoms with van der Waals surface area (Å²) in [4.78, 5) is 30.1. The maximum absolute atomic E-state index is 13.1. The van der Waals surface area contributed by atoms with Crippen LogP contribution in [0.15, 0.2) is 59.7 Å². The SMILES string of the molecule is C=CCNC(=O)C(C)OC(=O)c1c2c(nc3ccccc13)/C(=C/c1ccco1)CC2. The van der Waals surface area contributed by atoms with Crippen molar-refractivity contribution in [1.82, 2.24) is 10.3 Å². The molecule has 0 spiro atoms. The van der Waals surface area contributed by atoms with E-state index in [1.54, 1.807) is 19.3 Å². The summed E-state index contributed by atoms with van der Waals surface area (Å²) < 4.78 is 11.0. The van der Waals surface area contributed by atoms with Crippen molar-refractivity contribution in [2.24, 2.45) is 0 Å². The molecule has 6 heteroatoms. The summed E-state index contributed by atoms with van der Waals surface area (Å²) in [5.41, 5.74) is 3.81. The molecular formula is C24H22N2O4. The number of esters is 1. The first-order chi connectivity index (χ1) is 14.6. The number of nitrogens with one attached hydrogen (secondary N) is 1. The predicted molar refractivity (Wildman–Crippen MR) is 115 cm³/mol. The van der Waals surface area contributed by atoms with Crippen molar-refractivity contribution in [3.8, 4) is 0 Å². The number of pyridine rings is 1. The number of hydrogen-bond acceptors (Lipinski definition) is 5. The van der Waals surface area contributed by atoms with Crippen LogP contribution in [0.3, 0.4) is 0 Å². The normalized spacial score (nSPS) is 15.0. The van der Waals surface area contributed by atoms with Crippen molar-refractivity contribution in [3.63, 3.8) is 0 Å². The maximum Gasteiger partial charge on any atom is 0.339 e. The Labute approximate surface area is 174 Å². The molecule has 1 unspecified atom stereocenters. The lowest BCUT2D eigenvalue weighted by Gasteiger charge is -2.16. The van der Waals surface area contributed by atoms with Crippen LogP contribution in [0, 0.1) is 0 Å². The van der Waals surface area contributed by atoms with Crippen LogP contribution in [0.4, 0.5) is 0 Å². The number of ether oxygens (including phenoxy) is 1. The highest BCUT2D eigenvalue weighted by molar-refractivity contribution is 6.07. The molecule has 1 atom stereocenters.